The van der Waals surface area contributed by atoms with Crippen LogP contribution in [0, 0.1) is 0 Å². The number of aliphatic hydroxyl groups is 1. The third-order valence-electron chi connectivity index (χ3n) is 6.76. The zero-order valence-electron chi connectivity index (χ0n) is 25.5. The van der Waals surface area contributed by atoms with E-state index in [0.717, 1.165) is 24.3 Å². The van der Waals surface area contributed by atoms with E-state index >= 15 is 0 Å². The van der Waals surface area contributed by atoms with Crippen LogP contribution in [0.15, 0.2) is 96.5 Å². The number of hydrogen-bond donors (Lipinski definition) is 7. The number of halogens is 1. The highest BCUT2D eigenvalue weighted by atomic mass is 35.5. The number of phenolic OH excluding ortho intramolecular Hbond substituents is 1. The van der Waals surface area contributed by atoms with Crippen LogP contribution in [0.25, 0.3) is 10.8 Å². The van der Waals surface area contributed by atoms with Gasteiger partial charge >= 0.3 is 0 Å². The number of benzene rings is 4. The second-order valence-electron chi connectivity index (χ2n) is 10.3. The van der Waals surface area contributed by atoms with E-state index < -0.39 is 112 Å². The van der Waals surface area contributed by atoms with Crippen LogP contribution in [-0.2, 0) is 40.2 Å². The topological polar surface area (TPSA) is 325 Å². The van der Waals surface area contributed by atoms with Gasteiger partial charge in [0.15, 0.2) is 15.6 Å². The van der Waals surface area contributed by atoms with E-state index in [9.17, 15) is 52.4 Å². The van der Waals surface area contributed by atoms with Crippen LogP contribution in [-0.4, -0.2) is 84.9 Å². The molecule has 0 bridgehead atoms. The summed E-state index contributed by atoms with van der Waals surface area (Å²) in [5, 5.41) is 31.7. The first-order chi connectivity index (χ1) is 24.2. The molecule has 0 radical (unpaired) electrons. The van der Waals surface area contributed by atoms with Gasteiger partial charge in [0.25, 0.3) is 30.4 Å². The highest BCUT2D eigenvalue weighted by molar-refractivity contribution is 7.91. The Kier molecular flexibility index (Phi) is 10.5. The summed E-state index contributed by atoms with van der Waals surface area (Å²) >= 11 is 6.09. The van der Waals surface area contributed by atoms with Gasteiger partial charge in [-0.3, -0.25) is 13.7 Å². The Bertz CT molecular complexity index is 2730. The number of aliphatic hydroxyl groups excluding tert-OH is 1. The summed E-state index contributed by atoms with van der Waals surface area (Å²) in [6, 6.07) is 12.1. The van der Waals surface area contributed by atoms with E-state index in [1.165, 1.54) is 36.4 Å². The van der Waals surface area contributed by atoms with Crippen LogP contribution in [0.1, 0.15) is 0 Å². The van der Waals surface area contributed by atoms with Crippen molar-refractivity contribution in [3.05, 3.63) is 72.0 Å². The molecular weight excluding hydrogens is 794 g/mol. The molecule has 0 unspecified atom stereocenters. The normalized spacial score (nSPS) is 12.7. The number of rotatable bonds is 12. The van der Waals surface area contributed by atoms with Crippen molar-refractivity contribution in [2.45, 2.75) is 19.6 Å². The summed E-state index contributed by atoms with van der Waals surface area (Å²) in [5.41, 5.74) is -1.78. The van der Waals surface area contributed by atoms with Crippen LogP contribution in [0.2, 0.25) is 5.28 Å². The third-order valence-corrected chi connectivity index (χ3v) is 11.2. The number of hydrogen-bond acceptors (Lipinski definition) is 17. The first-order valence-corrected chi connectivity index (χ1v) is 20.2. The maximum Gasteiger partial charge on any atom is 0.296 e. The number of phenols is 1. The molecule has 20 nitrogen and oxygen atoms in total. The van der Waals surface area contributed by atoms with E-state index in [-0.39, 0.29) is 16.5 Å². The fourth-order valence-electron chi connectivity index (χ4n) is 4.58. The first-order valence-electron chi connectivity index (χ1n) is 13.8. The van der Waals surface area contributed by atoms with Gasteiger partial charge in [0.05, 0.1) is 27.8 Å². The second-order valence-corrected chi connectivity index (χ2v) is 17.0. The maximum atomic E-state index is 12.4. The fraction of sp³-hybridized carbons (Fsp3) is 0.0741. The second kappa shape index (κ2) is 14.2. The molecule has 0 fully saturated rings. The predicted octanol–water partition coefficient (Wildman–Crippen LogP) is 3.79. The van der Waals surface area contributed by atoms with Crippen molar-refractivity contribution in [1.29, 1.82) is 0 Å². The zero-order valence-corrected chi connectivity index (χ0v) is 29.5. The van der Waals surface area contributed by atoms with Gasteiger partial charge in [0.1, 0.15) is 21.2 Å². The van der Waals surface area contributed by atoms with E-state index in [0.29, 0.717) is 6.07 Å². The van der Waals surface area contributed by atoms with Gasteiger partial charge in [-0.25, -0.2) is 8.42 Å². The fourth-order valence-corrected chi connectivity index (χ4v) is 7.63. The molecule has 0 spiro atoms. The molecule has 0 atom stereocenters. The predicted molar refractivity (Wildman–Crippen MR) is 183 cm³/mol. The minimum Gasteiger partial charge on any atom is -0.505 e. The van der Waals surface area contributed by atoms with Crippen LogP contribution >= 0.6 is 11.6 Å². The molecule has 4 aromatic carbocycles. The Morgan fingerprint density at radius 2 is 1.35 bits per heavy atom. The lowest BCUT2D eigenvalue weighted by molar-refractivity contribution is 0.319. The molecule has 0 saturated carbocycles. The average Bonchev–Trinajstić information content (AvgIpc) is 3.02. The standard InChI is InChI=1S/C27H22ClN7O13S4/c28-25-31-26(29-15-4-3-5-16(12-15)49(38,39)9-8-36)33-27(32-25)30-19-13-17(50(40,41)42)10-14-11-21(52(46,47)48)23(24(37)22(14)19)35-34-18-6-1-2-7-20(18)51(43,44)45/h1-7,10-13,36-37H,8-9H2,(H,40,41,42)(H,43,44,45)(H,46,47,48)(H2,29,30,31,32,33). The molecule has 52 heavy (non-hydrogen) atoms. The maximum absolute atomic E-state index is 12.4. The van der Waals surface area contributed by atoms with Crippen molar-refractivity contribution >= 4 is 97.2 Å². The summed E-state index contributed by atoms with van der Waals surface area (Å²) in [6.07, 6.45) is 0. The van der Waals surface area contributed by atoms with Crippen LogP contribution in [0.3, 0.4) is 0 Å². The molecule has 0 saturated heterocycles. The molecule has 1 heterocycles. The largest absolute Gasteiger partial charge is 0.505 e. The van der Waals surface area contributed by atoms with E-state index in [1.807, 2.05) is 0 Å². The van der Waals surface area contributed by atoms with Gasteiger partial charge in [-0.05, 0) is 65.5 Å². The van der Waals surface area contributed by atoms with Crippen LogP contribution < -0.4 is 10.6 Å². The van der Waals surface area contributed by atoms with E-state index in [4.69, 9.17) is 16.7 Å². The lowest BCUT2D eigenvalue weighted by Crippen LogP contribution is -2.10. The number of anilines is 4. The molecule has 5 aromatic rings. The number of aromatic hydroxyl groups is 1. The third kappa shape index (κ3) is 8.57. The van der Waals surface area contributed by atoms with Gasteiger partial charge in [0, 0.05) is 11.1 Å². The van der Waals surface area contributed by atoms with Gasteiger partial charge in [-0.2, -0.15) is 40.2 Å². The van der Waals surface area contributed by atoms with Gasteiger partial charge in [-0.15, -0.1) is 10.2 Å². The number of azo groups is 1. The number of aromatic nitrogens is 3. The van der Waals surface area contributed by atoms with Crippen molar-refractivity contribution in [3.8, 4) is 5.75 Å². The molecule has 25 heteroatoms. The smallest absolute Gasteiger partial charge is 0.296 e. The minimum atomic E-state index is -5.29. The molecule has 0 aliphatic rings. The Hall–Kier alpha value is -4.92. The van der Waals surface area contributed by atoms with Crippen molar-refractivity contribution in [3.63, 3.8) is 0 Å². The zero-order chi connectivity index (χ0) is 38.2. The first kappa shape index (κ1) is 38.3. The van der Waals surface area contributed by atoms with Gasteiger partial charge in [0.2, 0.25) is 17.2 Å². The number of nitrogens with zero attached hydrogens (tertiary/aromatic N) is 5. The Labute approximate surface area is 299 Å². The van der Waals surface area contributed by atoms with E-state index in [2.05, 4.69) is 35.8 Å². The quantitative estimate of drug-likeness (QED) is 0.0695. The van der Waals surface area contributed by atoms with Gasteiger partial charge in [-0.1, -0.05) is 18.2 Å². The molecule has 1 aromatic heterocycles. The van der Waals surface area contributed by atoms with E-state index in [1.54, 1.807) is 0 Å². The number of fused-ring (bicyclic) bond motifs is 1. The van der Waals surface area contributed by atoms with Crippen molar-refractivity contribution in [2.75, 3.05) is 23.0 Å². The summed E-state index contributed by atoms with van der Waals surface area (Å²) in [6.45, 7) is -0.620. The Morgan fingerprint density at radius 1 is 0.692 bits per heavy atom. The number of nitrogens with one attached hydrogen (secondary N) is 2. The molecular formula is C27H22ClN7O13S4. The summed E-state index contributed by atoms with van der Waals surface area (Å²) in [5.74, 6) is -2.37. The summed E-state index contributed by atoms with van der Waals surface area (Å²) < 4.78 is 127. The lowest BCUT2D eigenvalue weighted by Gasteiger charge is -2.15. The molecule has 5 rings (SSSR count). The highest BCUT2D eigenvalue weighted by Crippen LogP contribution is 2.46. The molecule has 0 aliphatic carbocycles. The van der Waals surface area contributed by atoms with Gasteiger partial charge < -0.3 is 20.8 Å². The SMILES string of the molecule is O=S(=O)(O)c1cc(Nc2nc(Cl)nc(Nc3cccc(S(=O)(=O)CCO)c3)n2)c2c(O)c(N=Nc3ccccc3S(=O)(=O)O)c(S(=O)(=O)O)cc2c1. The highest BCUT2D eigenvalue weighted by Gasteiger charge is 2.26. The van der Waals surface area contributed by atoms with Crippen molar-refractivity contribution < 1.29 is 57.5 Å². The molecule has 7 N–H and O–H groups in total. The average molecular weight is 816 g/mol. The lowest BCUT2D eigenvalue weighted by atomic mass is 10.1. The van der Waals surface area contributed by atoms with Crippen molar-refractivity contribution in [2.24, 2.45) is 10.2 Å². The minimum absolute atomic E-state index is 0.145. The molecule has 0 aliphatic heterocycles. The van der Waals surface area contributed by atoms with Crippen LogP contribution in [0.5, 0.6) is 5.75 Å². The summed E-state index contributed by atoms with van der Waals surface area (Å²) in [7, 11) is -19.0. The number of sulfone groups is 1. The summed E-state index contributed by atoms with van der Waals surface area (Å²) in [4.78, 5) is 9.00. The van der Waals surface area contributed by atoms with Crippen molar-refractivity contribution in [1.82, 2.24) is 15.0 Å². The Balaban J connectivity index is 1.67. The van der Waals surface area contributed by atoms with Crippen LogP contribution in [0.4, 0.5) is 34.6 Å². The monoisotopic (exact) mass is 815 g/mol. The molecule has 274 valence electrons. The Morgan fingerprint density at radius 3 is 1.98 bits per heavy atom. The molecule has 0 amide bonds.